The highest BCUT2D eigenvalue weighted by Gasteiger charge is 2.31. The standard InChI is InChI=1S/C14H19Cl2NO3S/c1-14(2,3)21(19)17-12(8-13(18)20-4)9-5-10(15)7-11(16)6-9/h5-7,12,17H,8H2,1-4H3/t12?,21-/m1/s1. The SMILES string of the molecule is COC(=O)CC(N[S@+]([O-])C(C)(C)C)c1cc(Cl)cc(Cl)c1. The molecule has 0 aromatic heterocycles. The maximum Gasteiger partial charge on any atom is 0.307 e. The molecule has 4 nitrogen and oxygen atoms in total. The van der Waals surface area contributed by atoms with Gasteiger partial charge in [-0.05, 0) is 44.5 Å². The second kappa shape index (κ2) is 7.70. The normalized spacial score (nSPS) is 14.6. The molecule has 0 radical (unpaired) electrons. The van der Waals surface area contributed by atoms with Crippen LogP contribution in [-0.4, -0.2) is 22.4 Å². The van der Waals surface area contributed by atoms with Crippen molar-refractivity contribution in [3.05, 3.63) is 33.8 Å². The van der Waals surface area contributed by atoms with Crippen molar-refractivity contribution in [2.75, 3.05) is 7.11 Å². The maximum absolute atomic E-state index is 12.3. The zero-order chi connectivity index (χ0) is 16.2. The molecule has 1 unspecified atom stereocenters. The lowest BCUT2D eigenvalue weighted by molar-refractivity contribution is -0.141. The van der Waals surface area contributed by atoms with E-state index in [-0.39, 0.29) is 6.42 Å². The topological polar surface area (TPSA) is 61.4 Å². The third-order valence-electron chi connectivity index (χ3n) is 2.69. The molecule has 0 spiro atoms. The molecule has 0 saturated heterocycles. The summed E-state index contributed by atoms with van der Waals surface area (Å²) < 4.78 is 19.4. The number of hydrogen-bond acceptors (Lipinski definition) is 4. The quantitative estimate of drug-likeness (QED) is 0.649. The Balaban J connectivity index is 3.04. The molecule has 0 aliphatic heterocycles. The van der Waals surface area contributed by atoms with E-state index in [1.165, 1.54) is 7.11 Å². The number of nitrogens with one attached hydrogen (secondary N) is 1. The van der Waals surface area contributed by atoms with Crippen LogP contribution in [0.25, 0.3) is 0 Å². The number of carbonyl (C=O) groups is 1. The van der Waals surface area contributed by atoms with Gasteiger partial charge in [0.2, 0.25) is 0 Å². The van der Waals surface area contributed by atoms with Crippen LogP contribution in [-0.2, 0) is 20.9 Å². The van der Waals surface area contributed by atoms with Gasteiger partial charge in [0, 0.05) is 21.4 Å². The van der Waals surface area contributed by atoms with E-state index in [0.717, 1.165) is 0 Å². The van der Waals surface area contributed by atoms with Crippen LogP contribution >= 0.6 is 23.2 Å². The summed E-state index contributed by atoms with van der Waals surface area (Å²) in [7, 11) is 1.31. The average molecular weight is 352 g/mol. The number of hydrogen-bond donors (Lipinski definition) is 1. The zero-order valence-electron chi connectivity index (χ0n) is 12.4. The van der Waals surface area contributed by atoms with Crippen molar-refractivity contribution < 1.29 is 14.1 Å². The third-order valence-corrected chi connectivity index (χ3v) is 4.74. The number of esters is 1. The predicted molar refractivity (Wildman–Crippen MR) is 86.9 cm³/mol. The first-order chi connectivity index (χ1) is 9.63. The van der Waals surface area contributed by atoms with E-state index >= 15 is 0 Å². The van der Waals surface area contributed by atoms with E-state index in [1.54, 1.807) is 18.2 Å². The summed E-state index contributed by atoms with van der Waals surface area (Å²) in [4.78, 5) is 11.6. The summed E-state index contributed by atoms with van der Waals surface area (Å²) in [6, 6.07) is 4.48. The minimum absolute atomic E-state index is 0.0367. The van der Waals surface area contributed by atoms with Gasteiger partial charge in [0.25, 0.3) is 0 Å². The Morgan fingerprint density at radius 1 is 1.33 bits per heavy atom. The van der Waals surface area contributed by atoms with Crippen LogP contribution in [0.2, 0.25) is 10.0 Å². The van der Waals surface area contributed by atoms with Crippen LogP contribution < -0.4 is 4.72 Å². The summed E-state index contributed by atoms with van der Waals surface area (Å²) in [5, 5.41) is 0.909. The third kappa shape index (κ3) is 6.04. The van der Waals surface area contributed by atoms with Crippen LogP contribution in [0.15, 0.2) is 18.2 Å². The molecule has 0 saturated carbocycles. The number of methoxy groups -OCH3 is 1. The first kappa shape index (κ1) is 18.6. The largest absolute Gasteiger partial charge is 0.598 e. The van der Waals surface area contributed by atoms with Gasteiger partial charge in [-0.25, -0.2) is 0 Å². The second-order valence-electron chi connectivity index (χ2n) is 5.53. The van der Waals surface area contributed by atoms with Gasteiger partial charge in [-0.3, -0.25) is 4.79 Å². The molecular formula is C14H19Cl2NO3S. The lowest BCUT2D eigenvalue weighted by Gasteiger charge is -2.28. The smallest absolute Gasteiger partial charge is 0.307 e. The molecule has 118 valence electrons. The van der Waals surface area contributed by atoms with Gasteiger partial charge in [0.05, 0.1) is 19.6 Å². The average Bonchev–Trinajstić information content (AvgIpc) is 2.35. The number of ether oxygens (including phenoxy) is 1. The molecule has 1 rings (SSSR count). The fraction of sp³-hybridized carbons (Fsp3) is 0.500. The van der Waals surface area contributed by atoms with E-state index in [1.807, 2.05) is 20.8 Å². The fourth-order valence-electron chi connectivity index (χ4n) is 1.56. The van der Waals surface area contributed by atoms with Crippen molar-refractivity contribution >= 4 is 40.5 Å². The number of rotatable bonds is 5. The molecule has 0 aliphatic rings. The Morgan fingerprint density at radius 3 is 2.29 bits per heavy atom. The van der Waals surface area contributed by atoms with Gasteiger partial charge in [-0.2, -0.15) is 0 Å². The minimum atomic E-state index is -1.34. The highest BCUT2D eigenvalue weighted by molar-refractivity contribution is 7.90. The Bertz CT molecular complexity index is 485. The molecule has 21 heavy (non-hydrogen) atoms. The summed E-state index contributed by atoms with van der Waals surface area (Å²) in [6.07, 6.45) is 0.0367. The van der Waals surface area contributed by atoms with Crippen molar-refractivity contribution in [1.82, 2.24) is 4.72 Å². The molecule has 0 bridgehead atoms. The maximum atomic E-state index is 12.3. The molecule has 1 aromatic carbocycles. The van der Waals surface area contributed by atoms with Crippen molar-refractivity contribution in [2.24, 2.45) is 0 Å². The monoisotopic (exact) mass is 351 g/mol. The van der Waals surface area contributed by atoms with Crippen LogP contribution in [0.5, 0.6) is 0 Å². The molecule has 1 aromatic rings. The number of carbonyl (C=O) groups excluding carboxylic acids is 1. The zero-order valence-corrected chi connectivity index (χ0v) is 14.7. The Hall–Kier alpha value is -0.460. The van der Waals surface area contributed by atoms with Crippen molar-refractivity contribution in [2.45, 2.75) is 38.0 Å². The summed E-state index contributed by atoms with van der Waals surface area (Å²) in [5.74, 6) is -0.408. The van der Waals surface area contributed by atoms with Gasteiger partial charge in [0.15, 0.2) is 0 Å². The van der Waals surface area contributed by atoms with E-state index in [0.29, 0.717) is 15.6 Å². The van der Waals surface area contributed by atoms with E-state index in [4.69, 9.17) is 23.2 Å². The van der Waals surface area contributed by atoms with Gasteiger partial charge < -0.3 is 9.29 Å². The van der Waals surface area contributed by atoms with Crippen LogP contribution in [0, 0.1) is 0 Å². The van der Waals surface area contributed by atoms with E-state index in [9.17, 15) is 9.35 Å². The first-order valence-electron chi connectivity index (χ1n) is 6.34. The Morgan fingerprint density at radius 2 is 1.86 bits per heavy atom. The second-order valence-corrected chi connectivity index (χ2v) is 8.41. The summed E-state index contributed by atoms with van der Waals surface area (Å²) in [6.45, 7) is 5.53. The predicted octanol–water partition coefficient (Wildman–Crippen LogP) is 3.65. The minimum Gasteiger partial charge on any atom is -0.598 e. The van der Waals surface area contributed by atoms with E-state index < -0.39 is 28.1 Å². The van der Waals surface area contributed by atoms with Crippen LogP contribution in [0.4, 0.5) is 0 Å². The molecule has 0 amide bonds. The molecule has 1 N–H and O–H groups in total. The first-order valence-corrected chi connectivity index (χ1v) is 8.25. The molecule has 2 atom stereocenters. The lowest BCUT2D eigenvalue weighted by atomic mass is 10.1. The Labute approximate surface area is 138 Å². The Kier molecular flexibility index (Phi) is 6.81. The van der Waals surface area contributed by atoms with Crippen molar-refractivity contribution in [3.8, 4) is 0 Å². The molecule has 0 fully saturated rings. The van der Waals surface area contributed by atoms with Gasteiger partial charge in [-0.15, -0.1) is 4.72 Å². The van der Waals surface area contributed by atoms with Crippen LogP contribution in [0.3, 0.4) is 0 Å². The molecule has 7 heteroatoms. The van der Waals surface area contributed by atoms with Crippen LogP contribution in [0.1, 0.15) is 38.8 Å². The van der Waals surface area contributed by atoms with Gasteiger partial charge >= 0.3 is 5.97 Å². The highest BCUT2D eigenvalue weighted by Crippen LogP contribution is 2.28. The lowest BCUT2D eigenvalue weighted by Crippen LogP contribution is -2.41. The molecule has 0 aliphatic carbocycles. The highest BCUT2D eigenvalue weighted by atomic mass is 35.5. The number of halogens is 2. The fourth-order valence-corrected chi connectivity index (χ4v) is 2.93. The number of benzene rings is 1. The van der Waals surface area contributed by atoms with Gasteiger partial charge in [0.1, 0.15) is 4.75 Å². The molecular weight excluding hydrogens is 333 g/mol. The van der Waals surface area contributed by atoms with Crippen molar-refractivity contribution in [3.63, 3.8) is 0 Å². The molecule has 0 heterocycles. The summed E-state index contributed by atoms with van der Waals surface area (Å²) in [5.41, 5.74) is 0.690. The van der Waals surface area contributed by atoms with Crippen molar-refractivity contribution in [1.29, 1.82) is 0 Å². The summed E-state index contributed by atoms with van der Waals surface area (Å²) >= 11 is 10.6. The van der Waals surface area contributed by atoms with E-state index in [2.05, 4.69) is 9.46 Å². The van der Waals surface area contributed by atoms with Gasteiger partial charge in [-0.1, -0.05) is 23.2 Å².